The fraction of sp³-hybridized carbons (Fsp3) is 0.300. The fourth-order valence-corrected chi connectivity index (χ4v) is 5.48. The van der Waals surface area contributed by atoms with Crippen LogP contribution in [-0.2, 0) is 29.7 Å². The van der Waals surface area contributed by atoms with Crippen molar-refractivity contribution in [1.29, 1.82) is 0 Å². The van der Waals surface area contributed by atoms with Gasteiger partial charge >= 0.3 is 0 Å². The maximum absolute atomic E-state index is 16.5. The number of pyridine rings is 1. The zero-order valence-electron chi connectivity index (χ0n) is 21.9. The van der Waals surface area contributed by atoms with Gasteiger partial charge in [-0.1, -0.05) is 35.3 Å². The highest BCUT2D eigenvalue weighted by Crippen LogP contribution is 2.50. The lowest BCUT2D eigenvalue weighted by molar-refractivity contribution is -0.117. The van der Waals surface area contributed by atoms with Crippen molar-refractivity contribution in [3.8, 4) is 0 Å². The summed E-state index contributed by atoms with van der Waals surface area (Å²) < 4.78 is 24.7. The minimum absolute atomic E-state index is 0.0335. The highest BCUT2D eigenvalue weighted by molar-refractivity contribution is 6.30. The number of amides is 1. The number of hydrogen-bond acceptors (Lipinski definition) is 5. The van der Waals surface area contributed by atoms with E-state index in [-0.39, 0.29) is 23.2 Å². The van der Waals surface area contributed by atoms with Crippen molar-refractivity contribution >= 4 is 29.1 Å². The molecule has 2 aliphatic rings. The Bertz CT molecular complexity index is 1590. The Morgan fingerprint density at radius 3 is 2.45 bits per heavy atom. The largest absolute Gasteiger partial charge is 0.381 e. The number of aromatic nitrogens is 3. The van der Waals surface area contributed by atoms with Gasteiger partial charge in [-0.3, -0.25) is 19.4 Å². The average Bonchev–Trinajstić information content (AvgIpc) is 3.60. The van der Waals surface area contributed by atoms with Gasteiger partial charge in [0, 0.05) is 35.6 Å². The average molecular weight is 581 g/mol. The van der Waals surface area contributed by atoms with E-state index in [1.807, 2.05) is 0 Å². The van der Waals surface area contributed by atoms with E-state index in [4.69, 9.17) is 27.9 Å². The molecule has 10 heteroatoms. The predicted octanol–water partition coefficient (Wildman–Crippen LogP) is 5.80. The number of ether oxygens (including phenoxy) is 1. The lowest BCUT2D eigenvalue weighted by Gasteiger charge is -2.39. The van der Waals surface area contributed by atoms with E-state index in [0.29, 0.717) is 39.4 Å². The van der Waals surface area contributed by atoms with Crippen molar-refractivity contribution in [2.24, 2.45) is 13.0 Å². The molecule has 206 valence electrons. The van der Waals surface area contributed by atoms with Gasteiger partial charge in [-0.2, -0.15) is 5.10 Å². The van der Waals surface area contributed by atoms with E-state index in [1.54, 1.807) is 67.3 Å². The van der Waals surface area contributed by atoms with E-state index < -0.39 is 23.1 Å². The van der Waals surface area contributed by atoms with Crippen molar-refractivity contribution in [3.05, 3.63) is 116 Å². The molecular weight excluding hydrogens is 554 g/mol. The first-order valence-electron chi connectivity index (χ1n) is 13.0. The number of carbonyl (C=O) groups excluding carboxylic acids is 1. The van der Waals surface area contributed by atoms with Crippen molar-refractivity contribution in [2.75, 3.05) is 6.61 Å². The second kappa shape index (κ2) is 9.96. The quantitative estimate of drug-likeness (QED) is 0.285. The summed E-state index contributed by atoms with van der Waals surface area (Å²) in [6.45, 7) is 1.93. The summed E-state index contributed by atoms with van der Waals surface area (Å²) in [5, 5.41) is 16.6. The third kappa shape index (κ3) is 4.59. The van der Waals surface area contributed by atoms with E-state index in [9.17, 15) is 9.90 Å². The lowest BCUT2D eigenvalue weighted by Crippen LogP contribution is -2.47. The van der Waals surface area contributed by atoms with Gasteiger partial charge < -0.3 is 9.84 Å². The monoisotopic (exact) mass is 580 g/mol. The van der Waals surface area contributed by atoms with Gasteiger partial charge in [-0.15, -0.1) is 0 Å². The summed E-state index contributed by atoms with van der Waals surface area (Å²) in [5.74, 6) is -0.782. The number of nitrogens with zero attached hydrogens (tertiary/aromatic N) is 4. The Kier molecular flexibility index (Phi) is 6.70. The summed E-state index contributed by atoms with van der Waals surface area (Å²) in [6, 6.07) is 13.1. The van der Waals surface area contributed by atoms with Crippen LogP contribution in [0.1, 0.15) is 58.1 Å². The second-order valence-electron chi connectivity index (χ2n) is 10.6. The van der Waals surface area contributed by atoms with Crippen LogP contribution in [0.3, 0.4) is 0 Å². The zero-order chi connectivity index (χ0) is 28.2. The van der Waals surface area contributed by atoms with E-state index in [1.165, 1.54) is 23.4 Å². The van der Waals surface area contributed by atoms with Gasteiger partial charge in [0.2, 0.25) is 0 Å². The Labute approximate surface area is 241 Å². The molecule has 0 saturated heterocycles. The number of carbonyl (C=O) groups is 1. The molecule has 1 N–H and O–H groups in total. The van der Waals surface area contributed by atoms with Crippen molar-refractivity contribution in [1.82, 2.24) is 19.7 Å². The minimum atomic E-state index is -1.60. The first-order chi connectivity index (χ1) is 19.1. The van der Waals surface area contributed by atoms with Gasteiger partial charge in [-0.05, 0) is 67.6 Å². The number of hydrogen-bond donors (Lipinski definition) is 1. The molecule has 1 amide bonds. The Hall–Kier alpha value is -3.30. The summed E-state index contributed by atoms with van der Waals surface area (Å²) in [7, 11) is 1.73. The molecule has 2 aromatic heterocycles. The molecule has 4 aromatic rings. The first-order valence-corrected chi connectivity index (χ1v) is 13.7. The Morgan fingerprint density at radius 1 is 1.10 bits per heavy atom. The number of aryl methyl sites for hydroxylation is 1. The molecule has 7 nitrogen and oxygen atoms in total. The number of benzene rings is 2. The van der Waals surface area contributed by atoms with Crippen LogP contribution in [0, 0.1) is 11.7 Å². The molecule has 3 heterocycles. The van der Waals surface area contributed by atoms with Gasteiger partial charge in [0.05, 0.1) is 41.2 Å². The topological polar surface area (TPSA) is 80.5 Å². The van der Waals surface area contributed by atoms with E-state index in [2.05, 4.69) is 10.1 Å². The van der Waals surface area contributed by atoms with Crippen LogP contribution in [0.2, 0.25) is 10.0 Å². The van der Waals surface area contributed by atoms with Crippen LogP contribution in [0.5, 0.6) is 0 Å². The molecular formula is C30H27Cl2FN4O3. The Balaban J connectivity index is 1.55. The summed E-state index contributed by atoms with van der Waals surface area (Å²) >= 11 is 12.3. The number of aliphatic hydroxyl groups is 1. The fourth-order valence-electron chi connectivity index (χ4n) is 5.24. The number of rotatable bonds is 8. The standard InChI is InChI=1S/C30H27Cl2FN4O3/c1-29(39,21-13-35-36(2)15-21)20-11-25-27(26(33)12-20)30(40-17-18-3-4-18,19-5-7-22(31)8-6-19)37(28(25)38)16-24-10-9-23(32)14-34-24/h5-15,18,39H,3-4,16-17H2,1-2H3/t29?,30-/m1/s1. The van der Waals surface area contributed by atoms with Gasteiger partial charge in [0.25, 0.3) is 5.91 Å². The number of halogens is 3. The maximum atomic E-state index is 16.5. The molecule has 2 aromatic carbocycles. The summed E-state index contributed by atoms with van der Waals surface area (Å²) in [5.41, 5.74) is -1.16. The molecule has 0 bridgehead atoms. The molecule has 1 aliphatic heterocycles. The second-order valence-corrected chi connectivity index (χ2v) is 11.5. The molecule has 1 aliphatic carbocycles. The van der Waals surface area contributed by atoms with E-state index >= 15 is 4.39 Å². The molecule has 0 radical (unpaired) electrons. The van der Waals surface area contributed by atoms with Crippen LogP contribution in [-0.4, -0.2) is 37.3 Å². The van der Waals surface area contributed by atoms with Crippen LogP contribution < -0.4 is 0 Å². The third-order valence-electron chi connectivity index (χ3n) is 7.68. The zero-order valence-corrected chi connectivity index (χ0v) is 23.5. The van der Waals surface area contributed by atoms with Crippen molar-refractivity contribution in [3.63, 3.8) is 0 Å². The summed E-state index contributed by atoms with van der Waals surface area (Å²) in [6.07, 6.45) is 6.69. The molecule has 40 heavy (non-hydrogen) atoms. The Morgan fingerprint density at radius 2 is 1.82 bits per heavy atom. The normalized spacial score (nSPS) is 20.1. The minimum Gasteiger partial charge on any atom is -0.381 e. The predicted molar refractivity (Wildman–Crippen MR) is 148 cm³/mol. The molecule has 2 atom stereocenters. The highest BCUT2D eigenvalue weighted by atomic mass is 35.5. The highest BCUT2D eigenvalue weighted by Gasteiger charge is 2.55. The summed E-state index contributed by atoms with van der Waals surface area (Å²) in [4.78, 5) is 20.2. The van der Waals surface area contributed by atoms with Crippen LogP contribution in [0.15, 0.2) is 67.1 Å². The molecule has 1 saturated carbocycles. The SMILES string of the molecule is Cn1cc(C(C)(O)c2cc(F)c3c(c2)C(=O)N(Cc2ccc(Cl)cn2)[C@@]3(OCC2CC2)c2ccc(Cl)cc2)cn1. The van der Waals surface area contributed by atoms with Gasteiger partial charge in [0.1, 0.15) is 11.4 Å². The van der Waals surface area contributed by atoms with Crippen molar-refractivity contribution in [2.45, 2.75) is 37.6 Å². The van der Waals surface area contributed by atoms with E-state index in [0.717, 1.165) is 12.8 Å². The van der Waals surface area contributed by atoms with Crippen LogP contribution in [0.4, 0.5) is 4.39 Å². The first kappa shape index (κ1) is 26.9. The smallest absolute Gasteiger partial charge is 0.257 e. The maximum Gasteiger partial charge on any atom is 0.257 e. The third-order valence-corrected chi connectivity index (χ3v) is 8.16. The van der Waals surface area contributed by atoms with Gasteiger partial charge in [-0.25, -0.2) is 4.39 Å². The molecule has 6 rings (SSSR count). The molecule has 1 unspecified atom stereocenters. The van der Waals surface area contributed by atoms with Crippen LogP contribution >= 0.6 is 23.2 Å². The van der Waals surface area contributed by atoms with Crippen LogP contribution in [0.25, 0.3) is 0 Å². The molecule has 0 spiro atoms. The van der Waals surface area contributed by atoms with Crippen molar-refractivity contribution < 1.29 is 19.0 Å². The lowest BCUT2D eigenvalue weighted by atomic mass is 9.85. The van der Waals surface area contributed by atoms with Gasteiger partial charge in [0.15, 0.2) is 5.72 Å². The number of fused-ring (bicyclic) bond motifs is 1. The molecule has 1 fully saturated rings.